The molecule has 1 rings (SSSR count). The van der Waals surface area contributed by atoms with E-state index < -0.39 is 5.97 Å². The molecule has 1 aromatic carbocycles. The van der Waals surface area contributed by atoms with Gasteiger partial charge in [0.25, 0.3) is 0 Å². The van der Waals surface area contributed by atoms with Crippen molar-refractivity contribution in [2.75, 3.05) is 18.4 Å². The summed E-state index contributed by atoms with van der Waals surface area (Å²) >= 11 is 3.32. The zero-order chi connectivity index (χ0) is 17.4. The number of carbonyl (C=O) groups is 2. The number of aryl methyl sites for hydroxylation is 2. The largest absolute Gasteiger partial charge is 0.481 e. The first-order valence-electron chi connectivity index (χ1n) is 7.48. The number of carbonyl (C=O) groups excluding carboxylic acids is 1. The zero-order valence-corrected chi connectivity index (χ0v) is 15.0. The van der Waals surface area contributed by atoms with E-state index in [9.17, 15) is 14.0 Å². The van der Waals surface area contributed by atoms with Gasteiger partial charge in [-0.2, -0.15) is 0 Å². The summed E-state index contributed by atoms with van der Waals surface area (Å²) in [5, 5.41) is 11.3. The number of anilines is 1. The molecule has 0 unspecified atom stereocenters. The van der Waals surface area contributed by atoms with Gasteiger partial charge in [0.1, 0.15) is 5.82 Å². The first-order chi connectivity index (χ1) is 10.8. The highest BCUT2D eigenvalue weighted by atomic mass is 79.9. The number of rotatable bonds is 9. The van der Waals surface area contributed by atoms with Crippen LogP contribution in [-0.4, -0.2) is 34.0 Å². The first kappa shape index (κ1) is 19.6. The smallest absolute Gasteiger partial charge is 0.303 e. The van der Waals surface area contributed by atoms with E-state index in [1.54, 1.807) is 17.8 Å². The maximum Gasteiger partial charge on any atom is 0.303 e. The van der Waals surface area contributed by atoms with Gasteiger partial charge < -0.3 is 10.4 Å². The van der Waals surface area contributed by atoms with Gasteiger partial charge in [0.2, 0.25) is 5.91 Å². The lowest BCUT2D eigenvalue weighted by Gasteiger charge is -2.16. The number of hydrogen-bond acceptors (Lipinski definition) is 3. The molecule has 5 nitrogen and oxygen atoms in total. The molecule has 0 bridgehead atoms. The van der Waals surface area contributed by atoms with Crippen LogP contribution in [0.2, 0.25) is 0 Å². The Hall–Kier alpha value is -1.47. The second-order valence-electron chi connectivity index (χ2n) is 5.51. The molecule has 0 aliphatic rings. The molecule has 0 spiro atoms. The highest BCUT2D eigenvalue weighted by molar-refractivity contribution is 9.07. The lowest BCUT2D eigenvalue weighted by atomic mass is 10.1. The van der Waals surface area contributed by atoms with Crippen LogP contribution in [-0.2, 0) is 9.59 Å². The average molecular weight is 389 g/mol. The van der Waals surface area contributed by atoms with Crippen LogP contribution in [0.5, 0.6) is 0 Å². The Labute approximate surface area is 144 Å². The van der Waals surface area contributed by atoms with E-state index in [1.807, 2.05) is 0 Å². The Morgan fingerprint density at radius 3 is 2.39 bits per heavy atom. The molecular weight excluding hydrogens is 367 g/mol. The molecule has 0 heterocycles. The van der Waals surface area contributed by atoms with Crippen molar-refractivity contribution in [3.05, 3.63) is 29.1 Å². The SMILES string of the molecule is Cc1cc(F)cc(C)c1NC(=O)CN(Br)CCCCCC(=O)O. The fraction of sp³-hybridized carbons (Fsp3) is 0.500. The van der Waals surface area contributed by atoms with E-state index in [1.165, 1.54) is 12.1 Å². The summed E-state index contributed by atoms with van der Waals surface area (Å²) in [6, 6.07) is 2.77. The summed E-state index contributed by atoms with van der Waals surface area (Å²) in [6.45, 7) is 4.31. The van der Waals surface area contributed by atoms with Crippen molar-refractivity contribution in [1.29, 1.82) is 0 Å². The molecule has 0 atom stereocenters. The van der Waals surface area contributed by atoms with E-state index >= 15 is 0 Å². The van der Waals surface area contributed by atoms with Crippen molar-refractivity contribution < 1.29 is 19.1 Å². The monoisotopic (exact) mass is 388 g/mol. The van der Waals surface area contributed by atoms with Gasteiger partial charge in [0, 0.05) is 34.8 Å². The number of aliphatic carboxylic acids is 1. The molecular formula is C16H22BrFN2O3. The predicted molar refractivity (Wildman–Crippen MR) is 91.1 cm³/mol. The molecule has 0 fully saturated rings. The van der Waals surface area contributed by atoms with E-state index in [0.717, 1.165) is 12.8 Å². The van der Waals surface area contributed by atoms with Gasteiger partial charge in [0.05, 0.1) is 6.54 Å². The van der Waals surface area contributed by atoms with Crippen molar-refractivity contribution in [2.24, 2.45) is 0 Å². The number of carboxylic acids is 1. The first-order valence-corrected chi connectivity index (χ1v) is 8.19. The minimum Gasteiger partial charge on any atom is -0.481 e. The van der Waals surface area contributed by atoms with E-state index in [4.69, 9.17) is 5.11 Å². The van der Waals surface area contributed by atoms with Crippen LogP contribution in [0.25, 0.3) is 0 Å². The second kappa shape index (κ2) is 9.62. The van der Waals surface area contributed by atoms with Crippen molar-refractivity contribution in [2.45, 2.75) is 39.5 Å². The van der Waals surface area contributed by atoms with Gasteiger partial charge >= 0.3 is 5.97 Å². The average Bonchev–Trinajstić information content (AvgIpc) is 2.42. The van der Waals surface area contributed by atoms with Gasteiger partial charge in [-0.3, -0.25) is 9.59 Å². The Balaban J connectivity index is 2.37. The summed E-state index contributed by atoms with van der Waals surface area (Å²) in [7, 11) is 0. The Morgan fingerprint density at radius 2 is 1.83 bits per heavy atom. The molecule has 0 aliphatic heterocycles. The number of nitrogens with zero attached hydrogens (tertiary/aromatic N) is 1. The minimum atomic E-state index is -0.787. The number of unbranched alkanes of at least 4 members (excludes halogenated alkanes) is 2. The summed E-state index contributed by atoms with van der Waals surface area (Å²) in [5.41, 5.74) is 2.01. The molecule has 128 valence electrons. The molecule has 0 aromatic heterocycles. The predicted octanol–water partition coefficient (Wildman–Crippen LogP) is 3.64. The summed E-state index contributed by atoms with van der Waals surface area (Å²) in [4.78, 5) is 22.4. The highest BCUT2D eigenvalue weighted by Gasteiger charge is 2.12. The topological polar surface area (TPSA) is 69.6 Å². The third-order valence-corrected chi connectivity index (χ3v) is 3.97. The summed E-state index contributed by atoms with van der Waals surface area (Å²) < 4.78 is 14.9. The molecule has 1 aromatic rings. The summed E-state index contributed by atoms with van der Waals surface area (Å²) in [5.74, 6) is -1.29. The highest BCUT2D eigenvalue weighted by Crippen LogP contribution is 2.21. The molecule has 2 N–H and O–H groups in total. The van der Waals surface area contributed by atoms with Crippen molar-refractivity contribution >= 4 is 33.7 Å². The van der Waals surface area contributed by atoms with Gasteiger partial charge in [-0.05, 0) is 49.9 Å². The lowest BCUT2D eigenvalue weighted by Crippen LogP contribution is -2.27. The van der Waals surface area contributed by atoms with Crippen LogP contribution < -0.4 is 5.32 Å². The van der Waals surface area contributed by atoms with Crippen LogP contribution in [0.3, 0.4) is 0 Å². The number of hydrogen-bond donors (Lipinski definition) is 2. The van der Waals surface area contributed by atoms with Crippen LogP contribution in [0.1, 0.15) is 36.8 Å². The van der Waals surface area contributed by atoms with Gasteiger partial charge in [0.15, 0.2) is 0 Å². The van der Waals surface area contributed by atoms with Gasteiger partial charge in [-0.1, -0.05) is 6.42 Å². The normalized spacial score (nSPS) is 10.8. The van der Waals surface area contributed by atoms with Crippen LogP contribution in [0, 0.1) is 19.7 Å². The number of carboxylic acid groups (broad SMARTS) is 1. The maximum atomic E-state index is 13.2. The van der Waals surface area contributed by atoms with Gasteiger partial charge in [-0.25, -0.2) is 8.32 Å². The van der Waals surface area contributed by atoms with Crippen molar-refractivity contribution in [3.63, 3.8) is 0 Å². The Kier molecular flexibility index (Phi) is 8.19. The zero-order valence-electron chi connectivity index (χ0n) is 13.4. The fourth-order valence-corrected chi connectivity index (χ4v) is 2.74. The van der Waals surface area contributed by atoms with E-state index in [-0.39, 0.29) is 24.7 Å². The third-order valence-electron chi connectivity index (χ3n) is 3.37. The second-order valence-corrected chi connectivity index (χ2v) is 6.51. The number of amides is 1. The Morgan fingerprint density at radius 1 is 1.22 bits per heavy atom. The maximum absolute atomic E-state index is 13.2. The molecule has 0 saturated carbocycles. The van der Waals surface area contributed by atoms with Crippen LogP contribution in [0.4, 0.5) is 10.1 Å². The Bertz CT molecular complexity index is 543. The van der Waals surface area contributed by atoms with Crippen LogP contribution >= 0.6 is 16.1 Å². The van der Waals surface area contributed by atoms with Crippen molar-refractivity contribution in [1.82, 2.24) is 3.93 Å². The molecule has 1 amide bonds. The number of benzene rings is 1. The molecule has 23 heavy (non-hydrogen) atoms. The van der Waals surface area contributed by atoms with Crippen molar-refractivity contribution in [3.8, 4) is 0 Å². The van der Waals surface area contributed by atoms with E-state index in [0.29, 0.717) is 29.8 Å². The fourth-order valence-electron chi connectivity index (χ4n) is 2.26. The lowest BCUT2D eigenvalue weighted by molar-refractivity contribution is -0.137. The molecule has 7 heteroatoms. The standard InChI is InChI=1S/C16H22BrFN2O3/c1-11-8-13(18)9-12(2)16(11)19-14(21)10-20(17)7-5-3-4-6-15(22)23/h8-9H,3-7,10H2,1-2H3,(H,19,21)(H,22,23). The minimum absolute atomic E-state index is 0.162. The van der Waals surface area contributed by atoms with Gasteiger partial charge in [-0.15, -0.1) is 0 Å². The molecule has 0 saturated heterocycles. The number of halogens is 2. The van der Waals surface area contributed by atoms with Crippen LogP contribution in [0.15, 0.2) is 12.1 Å². The molecule has 0 aliphatic carbocycles. The molecule has 0 radical (unpaired) electrons. The number of nitrogens with one attached hydrogen (secondary N) is 1. The van der Waals surface area contributed by atoms with E-state index in [2.05, 4.69) is 21.5 Å². The quantitative estimate of drug-likeness (QED) is 0.500. The third kappa shape index (κ3) is 7.56. The summed E-state index contributed by atoms with van der Waals surface area (Å²) in [6.07, 6.45) is 2.41.